The fourth-order valence-corrected chi connectivity index (χ4v) is 1.13. The fraction of sp³-hybridized carbons (Fsp3) is 0.900. The van der Waals surface area contributed by atoms with Crippen LogP contribution in [0, 0.1) is 22.7 Å². The second-order valence-electron chi connectivity index (χ2n) is 4.19. The third-order valence-electron chi connectivity index (χ3n) is 3.12. The summed E-state index contributed by atoms with van der Waals surface area (Å²) in [6, 6.07) is 2.15. The van der Waals surface area contributed by atoms with Crippen molar-refractivity contribution in [2.24, 2.45) is 11.3 Å². The maximum atomic E-state index is 10.1. The van der Waals surface area contributed by atoms with E-state index in [-0.39, 0.29) is 5.92 Å². The Morgan fingerprint density at radius 1 is 1.42 bits per heavy atom. The molecule has 0 fully saturated rings. The molecule has 2 heteroatoms. The molecule has 0 aliphatic heterocycles. The van der Waals surface area contributed by atoms with Gasteiger partial charge in [-0.05, 0) is 26.7 Å². The van der Waals surface area contributed by atoms with Crippen molar-refractivity contribution in [1.82, 2.24) is 0 Å². The molecule has 1 N–H and O–H groups in total. The minimum atomic E-state index is -0.906. The Morgan fingerprint density at radius 2 is 1.83 bits per heavy atom. The highest BCUT2D eigenvalue weighted by atomic mass is 16.3. The summed E-state index contributed by atoms with van der Waals surface area (Å²) in [4.78, 5) is 0. The topological polar surface area (TPSA) is 44.0 Å². The summed E-state index contributed by atoms with van der Waals surface area (Å²) in [6.07, 6.45) is 0.887. The van der Waals surface area contributed by atoms with Crippen LogP contribution in [-0.2, 0) is 0 Å². The van der Waals surface area contributed by atoms with Crippen LogP contribution in [0.5, 0.6) is 0 Å². The van der Waals surface area contributed by atoms with Crippen LogP contribution in [0.3, 0.4) is 0 Å². The van der Waals surface area contributed by atoms with Crippen LogP contribution in [0.1, 0.15) is 41.0 Å². The van der Waals surface area contributed by atoms with Crippen molar-refractivity contribution in [3.05, 3.63) is 0 Å². The van der Waals surface area contributed by atoms with Gasteiger partial charge in [0.2, 0.25) is 0 Å². The molecule has 0 aromatic carbocycles. The van der Waals surface area contributed by atoms with Gasteiger partial charge in [0.1, 0.15) is 0 Å². The standard InChI is InChI=1S/C10H19NO/c1-6-8(2)10(5,12)9(3,4)7-11/h8,12H,6H2,1-5H3. The van der Waals surface area contributed by atoms with E-state index in [0.717, 1.165) is 6.42 Å². The molecular weight excluding hydrogens is 150 g/mol. The van der Waals surface area contributed by atoms with Crippen LogP contribution in [0.4, 0.5) is 0 Å². The lowest BCUT2D eigenvalue weighted by molar-refractivity contribution is -0.0673. The van der Waals surface area contributed by atoms with Crippen molar-refractivity contribution in [3.63, 3.8) is 0 Å². The third kappa shape index (κ3) is 1.78. The second kappa shape index (κ2) is 3.45. The molecule has 0 spiro atoms. The van der Waals surface area contributed by atoms with E-state index in [1.807, 2.05) is 13.8 Å². The summed E-state index contributed by atoms with van der Waals surface area (Å²) in [5.41, 5.74) is -1.58. The van der Waals surface area contributed by atoms with Crippen LogP contribution < -0.4 is 0 Å². The predicted molar refractivity (Wildman–Crippen MR) is 49.5 cm³/mol. The lowest BCUT2D eigenvalue weighted by Crippen LogP contribution is -2.46. The molecule has 0 aliphatic carbocycles. The molecule has 0 amide bonds. The molecule has 0 aliphatic rings. The van der Waals surface area contributed by atoms with Crippen LogP contribution in [0.15, 0.2) is 0 Å². The zero-order valence-corrected chi connectivity index (χ0v) is 8.68. The van der Waals surface area contributed by atoms with Gasteiger partial charge in [-0.15, -0.1) is 0 Å². The lowest BCUT2D eigenvalue weighted by Gasteiger charge is -2.39. The molecule has 0 rings (SSSR count). The third-order valence-corrected chi connectivity index (χ3v) is 3.12. The molecule has 0 saturated heterocycles. The largest absolute Gasteiger partial charge is 0.388 e. The average molecular weight is 169 g/mol. The summed E-state index contributed by atoms with van der Waals surface area (Å²) >= 11 is 0. The molecule has 0 aromatic rings. The fourth-order valence-electron chi connectivity index (χ4n) is 1.13. The molecule has 12 heavy (non-hydrogen) atoms. The number of hydrogen-bond acceptors (Lipinski definition) is 2. The van der Waals surface area contributed by atoms with Gasteiger partial charge in [-0.2, -0.15) is 5.26 Å². The molecule has 0 saturated carbocycles. The minimum absolute atomic E-state index is 0.146. The number of hydrogen-bond donors (Lipinski definition) is 1. The maximum Gasteiger partial charge on any atom is 0.0825 e. The first-order chi connectivity index (χ1) is 5.29. The van der Waals surface area contributed by atoms with Crippen LogP contribution >= 0.6 is 0 Å². The molecule has 0 bridgehead atoms. The maximum absolute atomic E-state index is 10.1. The number of nitrogens with zero attached hydrogens (tertiary/aromatic N) is 1. The molecule has 70 valence electrons. The van der Waals surface area contributed by atoms with Crippen molar-refractivity contribution in [1.29, 1.82) is 5.26 Å². The number of aliphatic hydroxyl groups is 1. The number of nitriles is 1. The zero-order valence-electron chi connectivity index (χ0n) is 8.68. The van der Waals surface area contributed by atoms with Gasteiger partial charge in [0.25, 0.3) is 0 Å². The summed E-state index contributed by atoms with van der Waals surface area (Å²) in [6.45, 7) is 9.29. The van der Waals surface area contributed by atoms with E-state index in [0.29, 0.717) is 0 Å². The van der Waals surface area contributed by atoms with Gasteiger partial charge in [0.05, 0.1) is 17.1 Å². The predicted octanol–water partition coefficient (Wildman–Crippen LogP) is 2.33. The van der Waals surface area contributed by atoms with Gasteiger partial charge in [-0.1, -0.05) is 20.3 Å². The van der Waals surface area contributed by atoms with Gasteiger partial charge in [-0.25, -0.2) is 0 Å². The Bertz CT molecular complexity index is 189. The highest BCUT2D eigenvalue weighted by molar-refractivity contribution is 5.06. The summed E-state index contributed by atoms with van der Waals surface area (Å²) < 4.78 is 0. The summed E-state index contributed by atoms with van der Waals surface area (Å²) in [5.74, 6) is 0.146. The minimum Gasteiger partial charge on any atom is -0.388 e. The SMILES string of the molecule is CCC(C)C(C)(O)C(C)(C)C#N. The van der Waals surface area contributed by atoms with E-state index < -0.39 is 11.0 Å². The van der Waals surface area contributed by atoms with Gasteiger partial charge in [0.15, 0.2) is 0 Å². The smallest absolute Gasteiger partial charge is 0.0825 e. The van der Waals surface area contributed by atoms with E-state index in [1.165, 1.54) is 0 Å². The van der Waals surface area contributed by atoms with E-state index >= 15 is 0 Å². The molecule has 0 heterocycles. The van der Waals surface area contributed by atoms with Gasteiger partial charge < -0.3 is 5.11 Å². The van der Waals surface area contributed by atoms with Crippen molar-refractivity contribution >= 4 is 0 Å². The van der Waals surface area contributed by atoms with Gasteiger partial charge >= 0.3 is 0 Å². The highest BCUT2D eigenvalue weighted by Gasteiger charge is 2.43. The monoisotopic (exact) mass is 169 g/mol. The van der Waals surface area contributed by atoms with E-state index in [9.17, 15) is 5.11 Å². The molecule has 2 unspecified atom stereocenters. The Kier molecular flexibility index (Phi) is 3.29. The molecule has 0 aromatic heterocycles. The molecule has 0 radical (unpaired) electrons. The lowest BCUT2D eigenvalue weighted by atomic mass is 9.69. The molecular formula is C10H19NO. The van der Waals surface area contributed by atoms with Crippen molar-refractivity contribution in [2.75, 3.05) is 0 Å². The van der Waals surface area contributed by atoms with E-state index in [1.54, 1.807) is 20.8 Å². The van der Waals surface area contributed by atoms with Gasteiger partial charge in [-0.3, -0.25) is 0 Å². The van der Waals surface area contributed by atoms with Crippen molar-refractivity contribution in [2.45, 2.75) is 46.6 Å². The molecule has 2 atom stereocenters. The second-order valence-corrected chi connectivity index (χ2v) is 4.19. The normalized spacial score (nSPS) is 19.4. The van der Waals surface area contributed by atoms with Crippen LogP contribution in [-0.4, -0.2) is 10.7 Å². The van der Waals surface area contributed by atoms with Crippen LogP contribution in [0.2, 0.25) is 0 Å². The quantitative estimate of drug-likeness (QED) is 0.704. The Hall–Kier alpha value is -0.550. The highest BCUT2D eigenvalue weighted by Crippen LogP contribution is 2.37. The first-order valence-corrected chi connectivity index (χ1v) is 4.43. The van der Waals surface area contributed by atoms with E-state index in [2.05, 4.69) is 6.07 Å². The summed E-state index contributed by atoms with van der Waals surface area (Å²) in [7, 11) is 0. The number of rotatable bonds is 3. The first kappa shape index (κ1) is 11.4. The van der Waals surface area contributed by atoms with E-state index in [4.69, 9.17) is 5.26 Å². The van der Waals surface area contributed by atoms with Crippen molar-refractivity contribution in [3.8, 4) is 6.07 Å². The van der Waals surface area contributed by atoms with Crippen LogP contribution in [0.25, 0.3) is 0 Å². The summed E-state index contributed by atoms with van der Waals surface area (Å²) in [5, 5.41) is 19.0. The molecule has 2 nitrogen and oxygen atoms in total. The Labute approximate surface area is 75.2 Å². The zero-order chi connectivity index (χ0) is 9.99. The average Bonchev–Trinajstić information content (AvgIpc) is 2.02. The Balaban J connectivity index is 4.74. The Morgan fingerprint density at radius 3 is 2.08 bits per heavy atom. The van der Waals surface area contributed by atoms with Crippen molar-refractivity contribution < 1.29 is 5.11 Å². The first-order valence-electron chi connectivity index (χ1n) is 4.43. The van der Waals surface area contributed by atoms with Gasteiger partial charge in [0, 0.05) is 0 Å².